The molecule has 0 saturated carbocycles. The van der Waals surface area contributed by atoms with Crippen molar-refractivity contribution in [2.24, 2.45) is 0 Å². The van der Waals surface area contributed by atoms with E-state index >= 15 is 0 Å². The lowest BCUT2D eigenvalue weighted by Gasteiger charge is -2.21. The van der Waals surface area contributed by atoms with Crippen molar-refractivity contribution < 1.29 is 4.74 Å². The van der Waals surface area contributed by atoms with Crippen molar-refractivity contribution in [1.82, 2.24) is 24.4 Å². The van der Waals surface area contributed by atoms with Crippen molar-refractivity contribution in [3.05, 3.63) is 39.3 Å². The molecule has 2 N–H and O–H groups in total. The van der Waals surface area contributed by atoms with Gasteiger partial charge in [-0.2, -0.15) is 0 Å². The average Bonchev–Trinajstić information content (AvgIpc) is 3.36. The van der Waals surface area contributed by atoms with E-state index in [1.165, 1.54) is 0 Å². The third kappa shape index (κ3) is 2.48. The summed E-state index contributed by atoms with van der Waals surface area (Å²) < 4.78 is 7.50. The maximum Gasteiger partial charge on any atom is 0.329 e. The largest absolute Gasteiger partial charge is 0.377 e. The van der Waals surface area contributed by atoms with Gasteiger partial charge in [-0.3, -0.25) is 19.2 Å². The summed E-state index contributed by atoms with van der Waals surface area (Å²) >= 11 is 0. The maximum atomic E-state index is 12.7. The van der Waals surface area contributed by atoms with Gasteiger partial charge in [-0.25, -0.2) is 9.78 Å². The molecule has 8 nitrogen and oxygen atoms in total. The topological polar surface area (TPSA) is 96.0 Å². The first kappa shape index (κ1) is 15.8. The fourth-order valence-corrected chi connectivity index (χ4v) is 4.36. The number of rotatable bonds is 3. The Kier molecular flexibility index (Phi) is 3.68. The second-order valence-electron chi connectivity index (χ2n) is 7.23. The molecule has 136 valence electrons. The highest BCUT2D eigenvalue weighted by atomic mass is 16.5. The van der Waals surface area contributed by atoms with Gasteiger partial charge < -0.3 is 9.72 Å². The van der Waals surface area contributed by atoms with Gasteiger partial charge in [0.2, 0.25) is 0 Å². The summed E-state index contributed by atoms with van der Waals surface area (Å²) in [4.78, 5) is 37.1. The van der Waals surface area contributed by atoms with Crippen LogP contribution in [0.2, 0.25) is 0 Å². The van der Waals surface area contributed by atoms with Crippen LogP contribution in [0.15, 0.2) is 28.0 Å². The Hall–Kier alpha value is -2.45. The number of likely N-dealkylation sites (tertiary alicyclic amines) is 1. The third-order valence-electron chi connectivity index (χ3n) is 5.58. The molecule has 0 spiro atoms. The zero-order chi connectivity index (χ0) is 17.7. The quantitative estimate of drug-likeness (QED) is 0.730. The van der Waals surface area contributed by atoms with Crippen LogP contribution in [0, 0.1) is 0 Å². The molecule has 0 bridgehead atoms. The predicted molar refractivity (Wildman–Crippen MR) is 97.5 cm³/mol. The van der Waals surface area contributed by atoms with Crippen molar-refractivity contribution >= 4 is 21.9 Å². The number of hydrogen-bond donors (Lipinski definition) is 2. The standard InChI is InChI=1S/C18H21N5O3/c24-17-14-8-20-16-13(3-5-19-16)15(14)23(18(25)21-17)11-4-6-22(9-11)10-12-2-1-7-26-12/h3,5,8,11-12H,1-2,4,6-7,9-10H2,(H,19,20)(H,21,24,25). The SMILES string of the molecule is O=c1[nH]c(=O)n(C2CCN(CC3CCCO3)C2)c2c1cnc1[nH]ccc12. The van der Waals surface area contributed by atoms with Gasteiger partial charge in [0.1, 0.15) is 5.65 Å². The molecule has 2 fully saturated rings. The number of nitrogens with one attached hydrogen (secondary N) is 2. The van der Waals surface area contributed by atoms with Crippen molar-refractivity contribution in [2.45, 2.75) is 31.4 Å². The second kappa shape index (κ2) is 6.07. The zero-order valence-corrected chi connectivity index (χ0v) is 14.4. The van der Waals surface area contributed by atoms with Gasteiger partial charge in [0, 0.05) is 44.0 Å². The summed E-state index contributed by atoms with van der Waals surface area (Å²) in [5, 5.41) is 1.26. The molecule has 26 heavy (non-hydrogen) atoms. The maximum absolute atomic E-state index is 12.7. The molecule has 5 rings (SSSR count). The first-order valence-corrected chi connectivity index (χ1v) is 9.15. The molecule has 0 aromatic carbocycles. The van der Waals surface area contributed by atoms with E-state index in [0.29, 0.717) is 22.7 Å². The predicted octanol–water partition coefficient (Wildman–Crippen LogP) is 0.992. The molecule has 2 atom stereocenters. The van der Waals surface area contributed by atoms with E-state index in [4.69, 9.17) is 4.74 Å². The molecule has 0 amide bonds. The van der Waals surface area contributed by atoms with Gasteiger partial charge >= 0.3 is 5.69 Å². The minimum atomic E-state index is -0.383. The van der Waals surface area contributed by atoms with E-state index in [2.05, 4.69) is 19.9 Å². The average molecular weight is 355 g/mol. The summed E-state index contributed by atoms with van der Waals surface area (Å²) in [5.41, 5.74) is 0.630. The number of pyridine rings is 1. The van der Waals surface area contributed by atoms with Crippen LogP contribution in [0.25, 0.3) is 21.9 Å². The van der Waals surface area contributed by atoms with Gasteiger partial charge in [-0.1, -0.05) is 0 Å². The van der Waals surface area contributed by atoms with Crippen molar-refractivity contribution in [2.75, 3.05) is 26.2 Å². The first-order valence-electron chi connectivity index (χ1n) is 9.15. The summed E-state index contributed by atoms with van der Waals surface area (Å²) in [6, 6.07) is 1.91. The smallest absolute Gasteiger partial charge is 0.329 e. The highest BCUT2D eigenvalue weighted by molar-refractivity contribution is 6.01. The number of fused-ring (bicyclic) bond motifs is 3. The number of aromatic amines is 2. The Morgan fingerprint density at radius 2 is 2.19 bits per heavy atom. The summed E-state index contributed by atoms with van der Waals surface area (Å²) in [5.74, 6) is 0. The van der Waals surface area contributed by atoms with Gasteiger partial charge in [-0.15, -0.1) is 0 Å². The Balaban J connectivity index is 1.57. The molecular weight excluding hydrogens is 334 g/mol. The normalized spacial score (nSPS) is 24.2. The van der Waals surface area contributed by atoms with E-state index in [1.54, 1.807) is 17.0 Å². The van der Waals surface area contributed by atoms with Crippen LogP contribution in [-0.4, -0.2) is 56.8 Å². The highest BCUT2D eigenvalue weighted by Crippen LogP contribution is 2.27. The molecule has 2 aliphatic heterocycles. The highest BCUT2D eigenvalue weighted by Gasteiger charge is 2.29. The number of H-pyrrole nitrogens is 2. The van der Waals surface area contributed by atoms with Crippen LogP contribution >= 0.6 is 0 Å². The number of nitrogens with zero attached hydrogens (tertiary/aromatic N) is 3. The molecule has 8 heteroatoms. The van der Waals surface area contributed by atoms with E-state index in [9.17, 15) is 9.59 Å². The molecule has 0 radical (unpaired) electrons. The van der Waals surface area contributed by atoms with Crippen molar-refractivity contribution in [3.63, 3.8) is 0 Å². The van der Waals surface area contributed by atoms with Crippen molar-refractivity contribution in [3.8, 4) is 0 Å². The third-order valence-corrected chi connectivity index (χ3v) is 5.58. The van der Waals surface area contributed by atoms with E-state index in [1.807, 2.05) is 6.07 Å². The van der Waals surface area contributed by atoms with Gasteiger partial charge in [0.05, 0.1) is 23.0 Å². The van der Waals surface area contributed by atoms with Gasteiger partial charge in [0.25, 0.3) is 5.56 Å². The molecule has 2 aliphatic rings. The Bertz CT molecular complexity index is 1080. The number of hydrogen-bond acceptors (Lipinski definition) is 5. The van der Waals surface area contributed by atoms with E-state index in [0.717, 1.165) is 50.9 Å². The van der Waals surface area contributed by atoms with Gasteiger partial charge in [0.15, 0.2) is 0 Å². The second-order valence-corrected chi connectivity index (χ2v) is 7.23. The van der Waals surface area contributed by atoms with Crippen LogP contribution < -0.4 is 11.2 Å². The minimum absolute atomic E-state index is 0.0313. The van der Waals surface area contributed by atoms with E-state index < -0.39 is 0 Å². The van der Waals surface area contributed by atoms with Crippen LogP contribution in [0.1, 0.15) is 25.3 Å². The molecule has 3 aromatic heterocycles. The molecule has 5 heterocycles. The van der Waals surface area contributed by atoms with Crippen LogP contribution in [-0.2, 0) is 4.74 Å². The molecule has 2 saturated heterocycles. The summed E-state index contributed by atoms with van der Waals surface area (Å²) in [7, 11) is 0. The molecule has 3 aromatic rings. The fraction of sp³-hybridized carbons (Fsp3) is 0.500. The number of aromatic nitrogens is 4. The Morgan fingerprint density at radius 3 is 3.04 bits per heavy atom. The molecular formula is C18H21N5O3. The van der Waals surface area contributed by atoms with Gasteiger partial charge in [-0.05, 0) is 25.3 Å². The van der Waals surface area contributed by atoms with Crippen LogP contribution in [0.3, 0.4) is 0 Å². The van der Waals surface area contributed by atoms with Crippen LogP contribution in [0.4, 0.5) is 0 Å². The van der Waals surface area contributed by atoms with E-state index in [-0.39, 0.29) is 17.3 Å². The first-order chi connectivity index (χ1) is 12.7. The lowest BCUT2D eigenvalue weighted by Crippen LogP contribution is -2.35. The minimum Gasteiger partial charge on any atom is -0.377 e. The molecule has 0 aliphatic carbocycles. The summed E-state index contributed by atoms with van der Waals surface area (Å²) in [6.07, 6.45) is 6.75. The Morgan fingerprint density at radius 1 is 1.27 bits per heavy atom. The molecule has 2 unspecified atom stereocenters. The summed E-state index contributed by atoms with van der Waals surface area (Å²) in [6.45, 7) is 3.48. The van der Waals surface area contributed by atoms with Crippen LogP contribution in [0.5, 0.6) is 0 Å². The fourth-order valence-electron chi connectivity index (χ4n) is 4.36. The number of ether oxygens (including phenoxy) is 1. The lowest BCUT2D eigenvalue weighted by atomic mass is 10.2. The Labute approximate surface area is 148 Å². The monoisotopic (exact) mass is 355 g/mol. The van der Waals surface area contributed by atoms with Crippen molar-refractivity contribution in [1.29, 1.82) is 0 Å². The lowest BCUT2D eigenvalue weighted by molar-refractivity contribution is 0.0797. The zero-order valence-electron chi connectivity index (χ0n) is 14.4.